The summed E-state index contributed by atoms with van der Waals surface area (Å²) >= 11 is 0. The van der Waals surface area contributed by atoms with Crippen molar-refractivity contribution in [2.75, 3.05) is 0 Å². The van der Waals surface area contributed by atoms with Gasteiger partial charge in [0.05, 0.1) is 0 Å². The highest BCUT2D eigenvalue weighted by molar-refractivity contribution is 7.18. The summed E-state index contributed by atoms with van der Waals surface area (Å²) in [7, 11) is -0.725. The lowest BCUT2D eigenvalue weighted by Crippen LogP contribution is -2.15. The second kappa shape index (κ2) is 3.52. The first-order valence-corrected chi connectivity index (χ1v) is 2.63. The molecule has 0 saturated heterocycles. The molecule has 0 bridgehead atoms. The van der Waals surface area contributed by atoms with Gasteiger partial charge in [-0.15, -0.1) is 0 Å². The third-order valence-corrected chi connectivity index (χ3v) is 0.723. The summed E-state index contributed by atoms with van der Waals surface area (Å²) in [5.41, 5.74) is 0. The van der Waals surface area contributed by atoms with Crippen molar-refractivity contribution in [2.45, 2.75) is 13.0 Å². The van der Waals surface area contributed by atoms with Crippen molar-refractivity contribution < 1.29 is 19.0 Å². The molecule has 0 fully saturated rings. The lowest BCUT2D eigenvalue weighted by molar-refractivity contribution is -0.141. The van der Waals surface area contributed by atoms with Crippen molar-refractivity contribution in [2.24, 2.45) is 0 Å². The highest BCUT2D eigenvalue weighted by Crippen LogP contribution is 1.97. The largest absolute Gasteiger partial charge is 0.398 e. The molecule has 0 aliphatic heterocycles. The minimum Gasteiger partial charge on any atom is -0.382 e. The summed E-state index contributed by atoms with van der Waals surface area (Å²) in [5, 5.41) is 8.33. The molecule has 0 aliphatic carbocycles. The van der Waals surface area contributed by atoms with E-state index in [2.05, 4.69) is 4.52 Å². The van der Waals surface area contributed by atoms with Gasteiger partial charge in [0.15, 0.2) is 0 Å². The SMILES string of the molecule is CC(O)C(=O)OP=O. The molecule has 5 heteroatoms. The molecular weight excluding hydrogens is 131 g/mol. The third kappa shape index (κ3) is 2.66. The molecule has 0 rings (SSSR count). The molecule has 8 heavy (non-hydrogen) atoms. The Kier molecular flexibility index (Phi) is 3.31. The number of carbonyl (C=O) groups excluding carboxylic acids is 1. The van der Waals surface area contributed by atoms with Gasteiger partial charge in [-0.1, -0.05) is 0 Å². The average molecular weight is 136 g/mol. The molecule has 0 aromatic rings. The molecule has 0 aromatic carbocycles. The van der Waals surface area contributed by atoms with Crippen LogP contribution in [-0.4, -0.2) is 17.2 Å². The van der Waals surface area contributed by atoms with Crippen LogP contribution in [0.2, 0.25) is 0 Å². The summed E-state index contributed by atoms with van der Waals surface area (Å²) < 4.78 is 13.3. The zero-order valence-electron chi connectivity index (χ0n) is 4.20. The van der Waals surface area contributed by atoms with E-state index in [0.29, 0.717) is 0 Å². The van der Waals surface area contributed by atoms with Gasteiger partial charge in [0.25, 0.3) is 0 Å². The normalized spacial score (nSPS) is 13.2. The molecule has 1 unspecified atom stereocenters. The van der Waals surface area contributed by atoms with Gasteiger partial charge < -0.3 is 9.63 Å². The van der Waals surface area contributed by atoms with Gasteiger partial charge in [-0.25, -0.2) is 9.36 Å². The summed E-state index contributed by atoms with van der Waals surface area (Å²) in [6, 6.07) is 0. The van der Waals surface area contributed by atoms with E-state index in [0.717, 1.165) is 0 Å². The Balaban J connectivity index is 3.48. The number of carbonyl (C=O) groups is 1. The maximum absolute atomic E-state index is 10.1. The first-order chi connectivity index (χ1) is 3.68. The van der Waals surface area contributed by atoms with Crippen LogP contribution in [0.5, 0.6) is 0 Å². The molecule has 46 valence electrons. The van der Waals surface area contributed by atoms with Crippen molar-refractivity contribution >= 4 is 14.7 Å². The van der Waals surface area contributed by atoms with Crippen molar-refractivity contribution in [3.63, 3.8) is 0 Å². The molecule has 0 radical (unpaired) electrons. The molecule has 0 spiro atoms. The van der Waals surface area contributed by atoms with Gasteiger partial charge >= 0.3 is 14.7 Å². The smallest absolute Gasteiger partial charge is 0.382 e. The van der Waals surface area contributed by atoms with Crippen molar-refractivity contribution in [1.29, 1.82) is 0 Å². The lowest BCUT2D eigenvalue weighted by atomic mass is 10.4. The first kappa shape index (κ1) is 7.53. The van der Waals surface area contributed by atoms with Gasteiger partial charge in [0, 0.05) is 0 Å². The number of hydrogen-bond acceptors (Lipinski definition) is 4. The molecule has 1 N–H and O–H groups in total. The minimum atomic E-state index is -1.20. The number of rotatable bonds is 2. The van der Waals surface area contributed by atoms with Crippen LogP contribution in [0, 0.1) is 0 Å². The molecule has 0 heterocycles. The van der Waals surface area contributed by atoms with Crippen LogP contribution in [0.3, 0.4) is 0 Å². The molecule has 0 aromatic heterocycles. The van der Waals surface area contributed by atoms with Gasteiger partial charge in [0.2, 0.25) is 0 Å². The van der Waals surface area contributed by atoms with Crippen molar-refractivity contribution in [1.82, 2.24) is 0 Å². The van der Waals surface area contributed by atoms with Crippen LogP contribution in [0.1, 0.15) is 6.92 Å². The fourth-order valence-corrected chi connectivity index (χ4v) is 0.339. The summed E-state index contributed by atoms with van der Waals surface area (Å²) in [6.07, 6.45) is -1.20. The van der Waals surface area contributed by atoms with E-state index in [1.807, 2.05) is 0 Å². The highest BCUT2D eigenvalue weighted by Gasteiger charge is 2.08. The second-order valence-electron chi connectivity index (χ2n) is 1.16. The molecule has 4 nitrogen and oxygen atoms in total. The van der Waals surface area contributed by atoms with Gasteiger partial charge in [0.1, 0.15) is 6.10 Å². The van der Waals surface area contributed by atoms with E-state index < -0.39 is 20.8 Å². The molecule has 0 amide bonds. The third-order valence-electron chi connectivity index (χ3n) is 0.468. The fourth-order valence-electron chi connectivity index (χ4n) is 0.113. The summed E-state index contributed by atoms with van der Waals surface area (Å²) in [6.45, 7) is 1.23. The number of hydrogen-bond donors (Lipinski definition) is 1. The van der Waals surface area contributed by atoms with Crippen LogP contribution in [0.4, 0.5) is 0 Å². The number of aliphatic hydroxyl groups excluding tert-OH is 1. The van der Waals surface area contributed by atoms with Gasteiger partial charge in [-0.3, -0.25) is 0 Å². The standard InChI is InChI=1S/C3H5O4P/c1-2(4)3(5)7-8-6/h2,4H,1H3. The maximum Gasteiger partial charge on any atom is 0.398 e. The highest BCUT2D eigenvalue weighted by atomic mass is 31.1. The summed E-state index contributed by atoms with van der Waals surface area (Å²) in [4.78, 5) is 10.1. The topological polar surface area (TPSA) is 63.6 Å². The maximum atomic E-state index is 10.1. The van der Waals surface area contributed by atoms with E-state index in [1.165, 1.54) is 6.92 Å². The van der Waals surface area contributed by atoms with Crippen LogP contribution < -0.4 is 0 Å². The van der Waals surface area contributed by atoms with Crippen molar-refractivity contribution in [3.8, 4) is 0 Å². The average Bonchev–Trinajstić information content (AvgIpc) is 1.67. The fraction of sp³-hybridized carbons (Fsp3) is 0.667. The Morgan fingerprint density at radius 1 is 1.88 bits per heavy atom. The second-order valence-corrected chi connectivity index (χ2v) is 1.49. The van der Waals surface area contributed by atoms with Gasteiger partial charge in [-0.2, -0.15) is 0 Å². The van der Waals surface area contributed by atoms with E-state index >= 15 is 0 Å². The van der Waals surface area contributed by atoms with Crippen LogP contribution in [0.25, 0.3) is 0 Å². The predicted octanol–water partition coefficient (Wildman–Crippen LogP) is 0.117. The van der Waals surface area contributed by atoms with E-state index in [1.54, 1.807) is 0 Å². The predicted molar refractivity (Wildman–Crippen MR) is 25.4 cm³/mol. The Morgan fingerprint density at radius 3 is 2.50 bits per heavy atom. The monoisotopic (exact) mass is 136 g/mol. The van der Waals surface area contributed by atoms with Gasteiger partial charge in [-0.05, 0) is 6.92 Å². The Hall–Kier alpha value is -0.470. The van der Waals surface area contributed by atoms with Crippen LogP contribution in [-0.2, 0) is 13.9 Å². The van der Waals surface area contributed by atoms with Crippen molar-refractivity contribution in [3.05, 3.63) is 0 Å². The molecule has 0 saturated carbocycles. The Bertz CT molecular complexity index is 99.5. The first-order valence-electron chi connectivity index (χ1n) is 1.90. The molecule has 0 aliphatic rings. The molecular formula is C3H5O4P. The zero-order valence-corrected chi connectivity index (χ0v) is 5.09. The Labute approximate surface area is 47.7 Å². The quantitative estimate of drug-likeness (QED) is 0.547. The zero-order chi connectivity index (χ0) is 6.57. The van der Waals surface area contributed by atoms with Crippen LogP contribution in [0.15, 0.2) is 0 Å². The minimum absolute atomic E-state index is 0.725. The lowest BCUT2D eigenvalue weighted by Gasteiger charge is -1.94. The molecule has 1 atom stereocenters. The van der Waals surface area contributed by atoms with Crippen LogP contribution >= 0.6 is 8.69 Å². The van der Waals surface area contributed by atoms with E-state index in [4.69, 9.17) is 5.11 Å². The Morgan fingerprint density at radius 2 is 2.38 bits per heavy atom. The number of aliphatic hydroxyl groups is 1. The summed E-state index contributed by atoms with van der Waals surface area (Å²) in [5.74, 6) is -0.887. The van der Waals surface area contributed by atoms with E-state index in [9.17, 15) is 9.36 Å². The van der Waals surface area contributed by atoms with E-state index in [-0.39, 0.29) is 0 Å².